The van der Waals surface area contributed by atoms with E-state index in [9.17, 15) is 13.2 Å². The maximum absolute atomic E-state index is 12.6. The molecule has 0 unspecified atom stereocenters. The molecule has 2 aliphatic rings. The molecule has 1 atom stereocenters. The van der Waals surface area contributed by atoms with Gasteiger partial charge in [0.25, 0.3) is 5.88 Å². The van der Waals surface area contributed by atoms with Gasteiger partial charge in [-0.25, -0.2) is 23.4 Å². The molecule has 2 N–H and O–H groups in total. The average molecular weight is 569 g/mol. The Kier molecular flexibility index (Phi) is 7.27. The number of rotatable bonds is 6. The number of nitrogens with one attached hydrogen (secondary N) is 2. The standard InChI is InChI=1S/C27H32N6O6S/c1-16-14-37-9-8-33(16)18-10-24(32-25(11-18)40(5,35)36)30-21-12-23(29-17(2)34)28-13-19(21)20-6-7-22-26(31-20)38-15-27(3,4)39-22/h6-7,10-13,16H,8-9,14-15H2,1-5H3,(H2,28,29,30,32,34)/t16-/m0/s1. The first-order valence-corrected chi connectivity index (χ1v) is 14.7. The fourth-order valence-corrected chi connectivity index (χ4v) is 5.10. The molecule has 5 rings (SSSR count). The third-order valence-electron chi connectivity index (χ3n) is 6.38. The number of fused-ring (bicyclic) bond motifs is 1. The van der Waals surface area contributed by atoms with Crippen LogP contribution in [-0.2, 0) is 19.4 Å². The van der Waals surface area contributed by atoms with Crippen molar-refractivity contribution in [3.63, 3.8) is 0 Å². The highest BCUT2D eigenvalue weighted by Crippen LogP contribution is 2.38. The number of sulfone groups is 1. The molecule has 0 radical (unpaired) electrons. The Morgan fingerprint density at radius 2 is 1.95 bits per heavy atom. The van der Waals surface area contributed by atoms with E-state index in [4.69, 9.17) is 14.2 Å². The van der Waals surface area contributed by atoms with E-state index in [0.717, 1.165) is 6.26 Å². The normalized spacial score (nSPS) is 18.2. The fourth-order valence-electron chi connectivity index (χ4n) is 4.50. The summed E-state index contributed by atoms with van der Waals surface area (Å²) >= 11 is 0. The van der Waals surface area contributed by atoms with Crippen LogP contribution < -0.4 is 25.0 Å². The number of hydrogen-bond acceptors (Lipinski definition) is 11. The van der Waals surface area contributed by atoms with Gasteiger partial charge in [-0.3, -0.25) is 4.79 Å². The van der Waals surface area contributed by atoms with E-state index in [2.05, 4.69) is 30.5 Å². The maximum Gasteiger partial charge on any atom is 0.257 e. The third kappa shape index (κ3) is 6.10. The smallest absolute Gasteiger partial charge is 0.257 e. The van der Waals surface area contributed by atoms with Crippen LogP contribution in [0.1, 0.15) is 27.7 Å². The van der Waals surface area contributed by atoms with Crippen molar-refractivity contribution in [3.8, 4) is 22.9 Å². The molecule has 0 saturated carbocycles. The number of morpholine rings is 1. The van der Waals surface area contributed by atoms with Crippen molar-refractivity contribution in [1.29, 1.82) is 0 Å². The molecule has 5 heterocycles. The second-order valence-corrected chi connectivity index (χ2v) is 12.5. The highest BCUT2D eigenvalue weighted by molar-refractivity contribution is 7.90. The summed E-state index contributed by atoms with van der Waals surface area (Å²) in [6.07, 6.45) is 2.69. The van der Waals surface area contributed by atoms with Crippen molar-refractivity contribution in [3.05, 3.63) is 36.5 Å². The molecule has 1 amide bonds. The van der Waals surface area contributed by atoms with E-state index in [-0.39, 0.29) is 17.0 Å². The van der Waals surface area contributed by atoms with E-state index in [1.165, 1.54) is 6.92 Å². The van der Waals surface area contributed by atoms with Crippen LogP contribution in [0.3, 0.4) is 0 Å². The summed E-state index contributed by atoms with van der Waals surface area (Å²) in [7, 11) is -3.62. The molecular formula is C27H32N6O6S. The van der Waals surface area contributed by atoms with Gasteiger partial charge in [0.1, 0.15) is 23.8 Å². The highest BCUT2D eigenvalue weighted by atomic mass is 32.2. The van der Waals surface area contributed by atoms with Gasteiger partial charge >= 0.3 is 0 Å². The summed E-state index contributed by atoms with van der Waals surface area (Å²) in [5.41, 5.74) is 1.84. The van der Waals surface area contributed by atoms with Crippen LogP contribution >= 0.6 is 0 Å². The van der Waals surface area contributed by atoms with Crippen LogP contribution in [0.2, 0.25) is 0 Å². The van der Waals surface area contributed by atoms with Gasteiger partial charge in [0.15, 0.2) is 20.6 Å². The maximum atomic E-state index is 12.6. The Hall–Kier alpha value is -3.97. The molecule has 2 aliphatic heterocycles. The second-order valence-electron chi connectivity index (χ2n) is 10.5. The molecule has 0 aromatic carbocycles. The Labute approximate surface area is 233 Å². The minimum absolute atomic E-state index is 0.0474. The minimum atomic E-state index is -3.62. The van der Waals surface area contributed by atoms with E-state index in [0.29, 0.717) is 72.3 Å². The van der Waals surface area contributed by atoms with Crippen LogP contribution in [-0.4, -0.2) is 73.5 Å². The van der Waals surface area contributed by atoms with E-state index >= 15 is 0 Å². The van der Waals surface area contributed by atoms with Gasteiger partial charge < -0.3 is 29.7 Å². The predicted octanol–water partition coefficient (Wildman–Crippen LogP) is 3.42. The average Bonchev–Trinajstić information content (AvgIpc) is 2.87. The number of nitrogens with zero attached hydrogens (tertiary/aromatic N) is 4. The van der Waals surface area contributed by atoms with Crippen LogP contribution in [0.15, 0.2) is 41.6 Å². The van der Waals surface area contributed by atoms with Crippen molar-refractivity contribution < 1.29 is 27.4 Å². The Balaban J connectivity index is 1.58. The lowest BCUT2D eigenvalue weighted by Gasteiger charge is -2.35. The lowest BCUT2D eigenvalue weighted by molar-refractivity contribution is -0.114. The minimum Gasteiger partial charge on any atom is -0.479 e. The number of carbonyl (C=O) groups is 1. The number of ether oxygens (including phenoxy) is 3. The second kappa shape index (κ2) is 10.5. The van der Waals surface area contributed by atoms with Crippen molar-refractivity contribution in [2.24, 2.45) is 0 Å². The summed E-state index contributed by atoms with van der Waals surface area (Å²) < 4.78 is 42.5. The van der Waals surface area contributed by atoms with Crippen LogP contribution in [0.25, 0.3) is 11.3 Å². The molecule has 0 spiro atoms. The molecular weight excluding hydrogens is 536 g/mol. The van der Waals surface area contributed by atoms with Gasteiger partial charge in [-0.05, 0) is 39.0 Å². The van der Waals surface area contributed by atoms with E-state index in [1.54, 1.807) is 36.5 Å². The van der Waals surface area contributed by atoms with Gasteiger partial charge in [0.2, 0.25) is 5.91 Å². The number of hydrogen-bond donors (Lipinski definition) is 2. The number of aromatic nitrogens is 3. The summed E-state index contributed by atoms with van der Waals surface area (Å²) in [5.74, 6) is 1.21. The summed E-state index contributed by atoms with van der Waals surface area (Å²) in [5, 5.41) is 5.86. The summed E-state index contributed by atoms with van der Waals surface area (Å²) in [4.78, 5) is 27.3. The third-order valence-corrected chi connectivity index (χ3v) is 7.35. The number of pyridine rings is 3. The number of amides is 1. The SMILES string of the molecule is CC(=O)Nc1cc(Nc2cc(N3CCOC[C@@H]3C)cc(S(C)(=O)=O)n2)c(-c2ccc3c(n2)OCC(C)(C)O3)cn1. The number of carbonyl (C=O) groups excluding carboxylic acids is 1. The molecule has 40 heavy (non-hydrogen) atoms. The largest absolute Gasteiger partial charge is 0.479 e. The zero-order valence-corrected chi connectivity index (χ0v) is 23.8. The van der Waals surface area contributed by atoms with E-state index in [1.807, 2.05) is 20.8 Å². The van der Waals surface area contributed by atoms with Crippen LogP contribution in [0.5, 0.6) is 11.6 Å². The van der Waals surface area contributed by atoms with Gasteiger partial charge in [0.05, 0.1) is 24.6 Å². The van der Waals surface area contributed by atoms with Crippen molar-refractivity contribution >= 4 is 38.8 Å². The predicted molar refractivity (Wildman–Crippen MR) is 150 cm³/mol. The molecule has 0 bridgehead atoms. The zero-order chi connectivity index (χ0) is 28.7. The fraction of sp³-hybridized carbons (Fsp3) is 0.407. The van der Waals surface area contributed by atoms with Crippen LogP contribution in [0, 0.1) is 0 Å². The van der Waals surface area contributed by atoms with Gasteiger partial charge in [0, 0.05) is 55.3 Å². The van der Waals surface area contributed by atoms with E-state index < -0.39 is 15.4 Å². The van der Waals surface area contributed by atoms with Gasteiger partial charge in [-0.1, -0.05) is 0 Å². The zero-order valence-electron chi connectivity index (χ0n) is 23.0. The molecule has 212 valence electrons. The first-order chi connectivity index (χ1) is 18.9. The molecule has 1 fully saturated rings. The quantitative estimate of drug-likeness (QED) is 0.451. The Morgan fingerprint density at radius 1 is 1.15 bits per heavy atom. The van der Waals surface area contributed by atoms with Crippen molar-refractivity contribution in [2.75, 3.05) is 48.2 Å². The van der Waals surface area contributed by atoms with Crippen molar-refractivity contribution in [1.82, 2.24) is 15.0 Å². The summed E-state index contributed by atoms with van der Waals surface area (Å²) in [6, 6.07) is 8.62. The Morgan fingerprint density at radius 3 is 2.67 bits per heavy atom. The van der Waals surface area contributed by atoms with Gasteiger partial charge in [-0.2, -0.15) is 0 Å². The first-order valence-electron chi connectivity index (χ1n) is 12.8. The first kappa shape index (κ1) is 27.6. The molecule has 12 nitrogen and oxygen atoms in total. The monoisotopic (exact) mass is 568 g/mol. The number of anilines is 4. The van der Waals surface area contributed by atoms with Crippen LogP contribution in [0.4, 0.5) is 23.0 Å². The molecule has 13 heteroatoms. The Bertz CT molecular complexity index is 1560. The lowest BCUT2D eigenvalue weighted by Crippen LogP contribution is -2.43. The van der Waals surface area contributed by atoms with Gasteiger partial charge in [-0.15, -0.1) is 0 Å². The highest BCUT2D eigenvalue weighted by Gasteiger charge is 2.29. The molecule has 1 saturated heterocycles. The summed E-state index contributed by atoms with van der Waals surface area (Å²) in [6.45, 7) is 9.28. The molecule has 3 aromatic rings. The molecule has 3 aromatic heterocycles. The topological polar surface area (TPSA) is 145 Å². The van der Waals surface area contributed by atoms with Crippen molar-refractivity contribution in [2.45, 2.75) is 44.4 Å². The lowest BCUT2D eigenvalue weighted by atomic mass is 10.1. The molecule has 0 aliphatic carbocycles.